The largest absolute Gasteiger partial charge is 0.437 e. The van der Waals surface area contributed by atoms with Gasteiger partial charge >= 0.3 is 12.3 Å². The fourth-order valence-electron chi connectivity index (χ4n) is 2.04. The van der Waals surface area contributed by atoms with E-state index in [1.165, 1.54) is 36.5 Å². The molecule has 0 radical (unpaired) electrons. The summed E-state index contributed by atoms with van der Waals surface area (Å²) in [7, 11) is 0. The molecule has 3 aromatic heterocycles. The quantitative estimate of drug-likeness (QED) is 0.629. The minimum Gasteiger partial charge on any atom is -0.406 e. The van der Waals surface area contributed by atoms with E-state index in [0.717, 1.165) is 6.20 Å². The third-order valence-corrected chi connectivity index (χ3v) is 3.52. The van der Waals surface area contributed by atoms with E-state index in [1.807, 2.05) is 0 Å². The molecule has 0 aliphatic rings. The second kappa shape index (κ2) is 7.41. The van der Waals surface area contributed by atoms with Gasteiger partial charge in [-0.05, 0) is 24.3 Å². The molecule has 0 saturated carbocycles. The minimum atomic E-state index is -4.88. The third kappa shape index (κ3) is 4.47. The van der Waals surface area contributed by atoms with Crippen LogP contribution in [0.15, 0.2) is 42.7 Å². The van der Waals surface area contributed by atoms with Gasteiger partial charge in [0.2, 0.25) is 0 Å². The van der Waals surface area contributed by atoms with Crippen LogP contribution in [-0.4, -0.2) is 25.8 Å². The molecule has 140 valence electrons. The molecule has 1 N–H and O–H groups in total. The summed E-state index contributed by atoms with van der Waals surface area (Å²) in [4.78, 5) is 19.5. The Bertz CT molecular complexity index is 976. The van der Waals surface area contributed by atoms with Crippen LogP contribution in [0.4, 0.5) is 23.8 Å². The van der Waals surface area contributed by atoms with Crippen LogP contribution in [0.25, 0.3) is 5.82 Å². The van der Waals surface area contributed by atoms with Crippen molar-refractivity contribution in [1.82, 2.24) is 19.7 Å². The zero-order valence-electron chi connectivity index (χ0n) is 13.0. The molecular weight excluding hydrogens is 410 g/mol. The standard InChI is InChI=1S/C15H8Cl2F3N5O2/c16-8-4-5-11(21-6-8)24-14(26)27-9-7-22-25(13(9)15(18,19)20)12-3-1-2-10(17)23-12/h1-7H,(H,21,24,26). The molecule has 0 bridgehead atoms. The summed E-state index contributed by atoms with van der Waals surface area (Å²) < 4.78 is 45.7. The highest BCUT2D eigenvalue weighted by Crippen LogP contribution is 2.37. The van der Waals surface area contributed by atoms with E-state index in [4.69, 9.17) is 27.9 Å². The normalized spacial score (nSPS) is 11.3. The van der Waals surface area contributed by atoms with Crippen molar-refractivity contribution in [2.24, 2.45) is 0 Å². The van der Waals surface area contributed by atoms with Crippen molar-refractivity contribution in [1.29, 1.82) is 0 Å². The SMILES string of the molecule is O=C(Nc1ccc(Cl)cn1)Oc1cnn(-c2cccc(Cl)n2)c1C(F)(F)F. The summed E-state index contributed by atoms with van der Waals surface area (Å²) in [5, 5.41) is 6.09. The maximum atomic E-state index is 13.5. The summed E-state index contributed by atoms with van der Waals surface area (Å²) in [6, 6.07) is 6.87. The number of alkyl halides is 3. The molecule has 3 rings (SSSR count). The summed E-state index contributed by atoms with van der Waals surface area (Å²) in [5.74, 6) is -0.956. The van der Waals surface area contributed by atoms with Gasteiger partial charge in [-0.2, -0.15) is 18.3 Å². The Kier molecular flexibility index (Phi) is 5.19. The molecule has 0 aromatic carbocycles. The number of aromatic nitrogens is 4. The monoisotopic (exact) mass is 417 g/mol. The summed E-state index contributed by atoms with van der Waals surface area (Å²) in [6.07, 6.45) is -4.07. The fourth-order valence-corrected chi connectivity index (χ4v) is 2.31. The van der Waals surface area contributed by atoms with E-state index in [0.29, 0.717) is 9.70 Å². The molecule has 0 fully saturated rings. The topological polar surface area (TPSA) is 81.9 Å². The highest BCUT2D eigenvalue weighted by atomic mass is 35.5. The van der Waals surface area contributed by atoms with Crippen LogP contribution in [0, 0.1) is 0 Å². The highest BCUT2D eigenvalue weighted by Gasteiger charge is 2.40. The van der Waals surface area contributed by atoms with Crippen LogP contribution in [0.1, 0.15) is 5.69 Å². The van der Waals surface area contributed by atoms with Crippen LogP contribution >= 0.6 is 23.2 Å². The predicted molar refractivity (Wildman–Crippen MR) is 90.3 cm³/mol. The maximum absolute atomic E-state index is 13.5. The molecule has 0 aliphatic carbocycles. The third-order valence-electron chi connectivity index (χ3n) is 3.08. The molecule has 12 heteroatoms. The number of halogens is 5. The zero-order valence-corrected chi connectivity index (χ0v) is 14.5. The first-order valence-corrected chi connectivity index (χ1v) is 7.88. The Morgan fingerprint density at radius 1 is 1.15 bits per heavy atom. The van der Waals surface area contributed by atoms with Crippen molar-refractivity contribution in [2.45, 2.75) is 6.18 Å². The first kappa shape index (κ1) is 18.9. The number of anilines is 1. The summed E-state index contributed by atoms with van der Waals surface area (Å²) in [6.45, 7) is 0. The van der Waals surface area contributed by atoms with E-state index < -0.39 is 23.7 Å². The van der Waals surface area contributed by atoms with Crippen molar-refractivity contribution in [3.8, 4) is 11.6 Å². The molecule has 7 nitrogen and oxygen atoms in total. The number of amides is 1. The number of nitrogens with zero attached hydrogens (tertiary/aromatic N) is 4. The van der Waals surface area contributed by atoms with E-state index in [2.05, 4.69) is 20.4 Å². The van der Waals surface area contributed by atoms with Gasteiger partial charge in [-0.15, -0.1) is 0 Å². The molecule has 27 heavy (non-hydrogen) atoms. The van der Waals surface area contributed by atoms with Crippen molar-refractivity contribution in [2.75, 3.05) is 5.32 Å². The Morgan fingerprint density at radius 3 is 2.56 bits per heavy atom. The molecular formula is C15H8Cl2F3N5O2. The van der Waals surface area contributed by atoms with Gasteiger partial charge in [0.15, 0.2) is 17.3 Å². The molecule has 0 saturated heterocycles. The zero-order chi connectivity index (χ0) is 19.6. The van der Waals surface area contributed by atoms with E-state index in [-0.39, 0.29) is 16.8 Å². The van der Waals surface area contributed by atoms with Crippen molar-refractivity contribution in [3.05, 3.63) is 58.6 Å². The molecule has 0 atom stereocenters. The van der Waals surface area contributed by atoms with Gasteiger partial charge in [0.1, 0.15) is 11.0 Å². The van der Waals surface area contributed by atoms with Gasteiger partial charge in [-0.1, -0.05) is 29.3 Å². The smallest absolute Gasteiger partial charge is 0.406 e. The lowest BCUT2D eigenvalue weighted by Crippen LogP contribution is -2.21. The molecule has 3 heterocycles. The second-order valence-corrected chi connectivity index (χ2v) is 5.79. The number of rotatable bonds is 3. The van der Waals surface area contributed by atoms with Gasteiger partial charge in [0.25, 0.3) is 0 Å². The lowest BCUT2D eigenvalue weighted by atomic mass is 10.3. The average molecular weight is 418 g/mol. The Hall–Kier alpha value is -2.85. The van der Waals surface area contributed by atoms with E-state index in [1.54, 1.807) is 0 Å². The number of pyridine rings is 2. The van der Waals surface area contributed by atoms with Crippen LogP contribution in [0.3, 0.4) is 0 Å². The molecule has 0 unspecified atom stereocenters. The number of carbonyl (C=O) groups excluding carboxylic acids is 1. The highest BCUT2D eigenvalue weighted by molar-refractivity contribution is 6.30. The van der Waals surface area contributed by atoms with Gasteiger partial charge in [0, 0.05) is 6.20 Å². The lowest BCUT2D eigenvalue weighted by molar-refractivity contribution is -0.143. The molecule has 1 amide bonds. The molecule has 0 aliphatic heterocycles. The number of nitrogens with one attached hydrogen (secondary N) is 1. The maximum Gasteiger partial charge on any atom is 0.437 e. The predicted octanol–water partition coefficient (Wildman–Crippen LogP) is 4.60. The number of hydrogen-bond acceptors (Lipinski definition) is 5. The van der Waals surface area contributed by atoms with Crippen LogP contribution in [0.2, 0.25) is 10.2 Å². The lowest BCUT2D eigenvalue weighted by Gasteiger charge is -2.12. The van der Waals surface area contributed by atoms with Gasteiger partial charge in [-0.3, -0.25) is 5.32 Å². The fraction of sp³-hybridized carbons (Fsp3) is 0.0667. The number of carbonyl (C=O) groups is 1. The number of ether oxygens (including phenoxy) is 1. The first-order valence-electron chi connectivity index (χ1n) is 7.12. The van der Waals surface area contributed by atoms with Crippen LogP contribution in [0.5, 0.6) is 5.75 Å². The Morgan fingerprint density at radius 2 is 1.93 bits per heavy atom. The van der Waals surface area contributed by atoms with Crippen molar-refractivity contribution >= 4 is 35.1 Å². The van der Waals surface area contributed by atoms with Crippen LogP contribution in [-0.2, 0) is 6.18 Å². The van der Waals surface area contributed by atoms with Gasteiger partial charge < -0.3 is 4.74 Å². The Labute approximate surface area is 159 Å². The number of hydrogen-bond donors (Lipinski definition) is 1. The van der Waals surface area contributed by atoms with Gasteiger partial charge in [-0.25, -0.2) is 19.4 Å². The minimum absolute atomic E-state index is 0.0230. The second-order valence-electron chi connectivity index (χ2n) is 4.96. The van der Waals surface area contributed by atoms with E-state index >= 15 is 0 Å². The van der Waals surface area contributed by atoms with Crippen LogP contribution < -0.4 is 10.1 Å². The first-order chi connectivity index (χ1) is 12.7. The summed E-state index contributed by atoms with van der Waals surface area (Å²) >= 11 is 11.4. The molecule has 3 aromatic rings. The van der Waals surface area contributed by atoms with Crippen molar-refractivity contribution in [3.63, 3.8) is 0 Å². The van der Waals surface area contributed by atoms with E-state index in [9.17, 15) is 18.0 Å². The van der Waals surface area contributed by atoms with Gasteiger partial charge in [0.05, 0.1) is 11.2 Å². The average Bonchev–Trinajstić information content (AvgIpc) is 3.01. The van der Waals surface area contributed by atoms with Crippen molar-refractivity contribution < 1.29 is 22.7 Å². The summed E-state index contributed by atoms with van der Waals surface area (Å²) in [5.41, 5.74) is -1.32. The Balaban J connectivity index is 1.89. The molecule has 0 spiro atoms.